The van der Waals surface area contributed by atoms with E-state index in [1.54, 1.807) is 60.7 Å². The average molecular weight is 621 g/mol. The fraction of sp³-hybridized carbons (Fsp3) is 0.129. The van der Waals surface area contributed by atoms with Gasteiger partial charge in [-0.2, -0.15) is 5.10 Å². The predicted molar refractivity (Wildman–Crippen MR) is 166 cm³/mol. The van der Waals surface area contributed by atoms with E-state index in [0.29, 0.717) is 34.4 Å². The first-order chi connectivity index (χ1) is 20.7. The van der Waals surface area contributed by atoms with Crippen LogP contribution in [0.5, 0.6) is 11.5 Å². The van der Waals surface area contributed by atoms with Gasteiger partial charge in [-0.3, -0.25) is 13.9 Å². The van der Waals surface area contributed by atoms with Crippen LogP contribution in [0.3, 0.4) is 0 Å². The number of amides is 2. The molecule has 0 aliphatic heterocycles. The van der Waals surface area contributed by atoms with E-state index in [2.05, 4.69) is 15.8 Å². The van der Waals surface area contributed by atoms with Crippen LogP contribution < -0.4 is 24.5 Å². The number of anilines is 2. The highest BCUT2D eigenvalue weighted by molar-refractivity contribution is 7.92. The van der Waals surface area contributed by atoms with Crippen molar-refractivity contribution in [3.05, 3.63) is 114 Å². The molecule has 0 radical (unpaired) electrons. The molecule has 0 aliphatic carbocycles. The molecule has 0 aromatic heterocycles. The molecular formula is C31H29ClN4O6S. The Hall–Kier alpha value is -4.87. The molecule has 0 unspecified atom stereocenters. The Morgan fingerprint density at radius 1 is 0.837 bits per heavy atom. The van der Waals surface area contributed by atoms with Crippen LogP contribution in [0, 0.1) is 0 Å². The fourth-order valence-electron chi connectivity index (χ4n) is 3.79. The van der Waals surface area contributed by atoms with Crippen molar-refractivity contribution in [1.29, 1.82) is 0 Å². The second-order valence-corrected chi connectivity index (χ2v) is 11.3. The summed E-state index contributed by atoms with van der Waals surface area (Å²) in [6, 6.07) is 27.8. The van der Waals surface area contributed by atoms with Gasteiger partial charge in [-0.05, 0) is 97.4 Å². The van der Waals surface area contributed by atoms with E-state index in [1.807, 2.05) is 25.1 Å². The van der Waals surface area contributed by atoms with Gasteiger partial charge in [0.15, 0.2) is 6.61 Å². The van der Waals surface area contributed by atoms with E-state index in [4.69, 9.17) is 21.1 Å². The van der Waals surface area contributed by atoms with Crippen LogP contribution in [-0.4, -0.2) is 46.2 Å². The van der Waals surface area contributed by atoms with Crippen LogP contribution in [0.4, 0.5) is 11.4 Å². The minimum absolute atomic E-state index is 0.0260. The van der Waals surface area contributed by atoms with Crippen LogP contribution >= 0.6 is 11.6 Å². The predicted octanol–water partition coefficient (Wildman–Crippen LogP) is 5.10. The highest BCUT2D eigenvalue weighted by atomic mass is 35.5. The Morgan fingerprint density at radius 2 is 1.47 bits per heavy atom. The number of benzene rings is 4. The van der Waals surface area contributed by atoms with Gasteiger partial charge in [0.1, 0.15) is 18.0 Å². The molecule has 43 heavy (non-hydrogen) atoms. The second-order valence-electron chi connectivity index (χ2n) is 8.96. The molecular weight excluding hydrogens is 592 g/mol. The summed E-state index contributed by atoms with van der Waals surface area (Å²) >= 11 is 5.94. The Morgan fingerprint density at radius 3 is 2.12 bits per heavy atom. The number of rotatable bonds is 13. The molecule has 4 aromatic rings. The van der Waals surface area contributed by atoms with Gasteiger partial charge in [-0.25, -0.2) is 13.8 Å². The number of hydrogen-bond acceptors (Lipinski definition) is 7. The fourth-order valence-corrected chi connectivity index (χ4v) is 5.33. The molecule has 2 amide bonds. The Kier molecular flexibility index (Phi) is 10.7. The van der Waals surface area contributed by atoms with Gasteiger partial charge in [-0.1, -0.05) is 29.8 Å². The minimum atomic E-state index is -4.12. The molecule has 0 bridgehead atoms. The summed E-state index contributed by atoms with van der Waals surface area (Å²) in [6.07, 6.45) is 1.40. The SMILES string of the molecule is CCOc1ccc(N(CC(=O)N/N=C/c2ccc(OCC(=O)Nc3ccccc3)cc2)S(=O)(=O)c2ccc(Cl)cc2)cc1. The number of halogens is 1. The van der Waals surface area contributed by atoms with E-state index < -0.39 is 22.5 Å². The number of carbonyl (C=O) groups is 2. The molecule has 0 spiro atoms. The number of para-hydroxylation sites is 1. The highest BCUT2D eigenvalue weighted by Gasteiger charge is 2.27. The molecule has 4 aromatic carbocycles. The quantitative estimate of drug-likeness (QED) is 0.158. The van der Waals surface area contributed by atoms with Crippen molar-refractivity contribution in [2.45, 2.75) is 11.8 Å². The molecule has 0 fully saturated rings. The molecule has 4 rings (SSSR count). The summed E-state index contributed by atoms with van der Waals surface area (Å²) in [5.41, 5.74) is 3.95. The maximum Gasteiger partial charge on any atom is 0.264 e. The summed E-state index contributed by atoms with van der Waals surface area (Å²) in [6.45, 7) is 1.59. The maximum atomic E-state index is 13.5. The lowest BCUT2D eigenvalue weighted by molar-refractivity contribution is -0.119. The van der Waals surface area contributed by atoms with Crippen LogP contribution in [0.15, 0.2) is 113 Å². The summed E-state index contributed by atoms with van der Waals surface area (Å²) in [4.78, 5) is 24.9. The van der Waals surface area contributed by atoms with Crippen molar-refractivity contribution in [1.82, 2.24) is 5.43 Å². The smallest absolute Gasteiger partial charge is 0.264 e. The Balaban J connectivity index is 1.37. The molecule has 0 aliphatic rings. The van der Waals surface area contributed by atoms with Gasteiger partial charge in [-0.15, -0.1) is 0 Å². The van der Waals surface area contributed by atoms with Crippen molar-refractivity contribution in [2.75, 3.05) is 29.4 Å². The summed E-state index contributed by atoms with van der Waals surface area (Å²) < 4.78 is 38.9. The Bertz CT molecular complexity index is 1650. The van der Waals surface area contributed by atoms with Gasteiger partial charge >= 0.3 is 0 Å². The standard InChI is InChI=1S/C31H29ClN4O6S/c1-2-41-27-16-12-26(13-17-27)36(43(39,40)29-18-10-24(32)11-19-29)21-30(37)35-33-20-23-8-14-28(15-9-23)42-22-31(38)34-25-6-4-3-5-7-25/h3-20H,2,21-22H2,1H3,(H,34,38)(H,35,37)/b33-20+. The summed E-state index contributed by atoms with van der Waals surface area (Å²) in [5.74, 6) is 0.0859. The van der Waals surface area contributed by atoms with Gasteiger partial charge < -0.3 is 14.8 Å². The lowest BCUT2D eigenvalue weighted by Gasteiger charge is -2.24. The second kappa shape index (κ2) is 14.9. The number of nitrogens with one attached hydrogen (secondary N) is 2. The first kappa shape index (κ1) is 31.1. The van der Waals surface area contributed by atoms with Gasteiger partial charge in [0.2, 0.25) is 0 Å². The van der Waals surface area contributed by atoms with Crippen LogP contribution in [0.2, 0.25) is 5.02 Å². The molecule has 10 nitrogen and oxygen atoms in total. The summed E-state index contributed by atoms with van der Waals surface area (Å²) in [7, 11) is -4.12. The number of hydrogen-bond donors (Lipinski definition) is 2. The molecule has 222 valence electrons. The van der Waals surface area contributed by atoms with Crippen LogP contribution in [0.25, 0.3) is 0 Å². The average Bonchev–Trinajstić information content (AvgIpc) is 3.01. The van der Waals surface area contributed by atoms with Crippen molar-refractivity contribution in [3.8, 4) is 11.5 Å². The largest absolute Gasteiger partial charge is 0.494 e. The number of hydrazone groups is 1. The third-order valence-electron chi connectivity index (χ3n) is 5.84. The maximum absolute atomic E-state index is 13.5. The molecule has 0 saturated heterocycles. The van der Waals surface area contributed by atoms with E-state index in [1.165, 1.54) is 30.5 Å². The van der Waals surface area contributed by atoms with Crippen molar-refractivity contribution < 1.29 is 27.5 Å². The van der Waals surface area contributed by atoms with Gasteiger partial charge in [0, 0.05) is 10.7 Å². The van der Waals surface area contributed by atoms with E-state index in [0.717, 1.165) is 4.31 Å². The van der Waals surface area contributed by atoms with Crippen molar-refractivity contribution in [2.24, 2.45) is 5.10 Å². The zero-order valence-electron chi connectivity index (χ0n) is 23.1. The van der Waals surface area contributed by atoms with Gasteiger partial charge in [0.25, 0.3) is 21.8 Å². The third kappa shape index (κ3) is 9.06. The number of nitrogens with zero attached hydrogens (tertiary/aromatic N) is 2. The zero-order chi connectivity index (χ0) is 30.7. The molecule has 0 heterocycles. The first-order valence-corrected chi connectivity index (χ1v) is 15.0. The number of sulfonamides is 1. The normalized spacial score (nSPS) is 11.1. The third-order valence-corrected chi connectivity index (χ3v) is 7.88. The molecule has 0 atom stereocenters. The number of carbonyl (C=O) groups excluding carboxylic acids is 2. The molecule has 12 heteroatoms. The van der Waals surface area contributed by atoms with Crippen LogP contribution in [0.1, 0.15) is 12.5 Å². The lowest BCUT2D eigenvalue weighted by Crippen LogP contribution is -2.39. The van der Waals surface area contributed by atoms with Gasteiger partial charge in [0.05, 0.1) is 23.4 Å². The van der Waals surface area contributed by atoms with Crippen molar-refractivity contribution in [3.63, 3.8) is 0 Å². The monoisotopic (exact) mass is 620 g/mol. The van der Waals surface area contributed by atoms with E-state index >= 15 is 0 Å². The van der Waals surface area contributed by atoms with Crippen LogP contribution in [-0.2, 0) is 19.6 Å². The van der Waals surface area contributed by atoms with E-state index in [9.17, 15) is 18.0 Å². The topological polar surface area (TPSA) is 126 Å². The lowest BCUT2D eigenvalue weighted by atomic mass is 10.2. The summed E-state index contributed by atoms with van der Waals surface area (Å²) in [5, 5.41) is 7.07. The first-order valence-electron chi connectivity index (χ1n) is 13.2. The number of ether oxygens (including phenoxy) is 2. The molecule has 2 N–H and O–H groups in total. The highest BCUT2D eigenvalue weighted by Crippen LogP contribution is 2.26. The Labute approximate surface area is 254 Å². The zero-order valence-corrected chi connectivity index (χ0v) is 24.7. The molecule has 0 saturated carbocycles. The van der Waals surface area contributed by atoms with E-state index in [-0.39, 0.29) is 23.1 Å². The van der Waals surface area contributed by atoms with Crippen molar-refractivity contribution >= 4 is 51.0 Å². The minimum Gasteiger partial charge on any atom is -0.494 e.